The maximum absolute atomic E-state index is 11.5. The van der Waals surface area contributed by atoms with Gasteiger partial charge in [-0.25, -0.2) is 4.74 Å². The number of allylic oxidation sites excluding steroid dienone is 2. The number of aryl methyl sites for hydroxylation is 1. The molecule has 2 aromatic carbocycles. The third-order valence-electron chi connectivity index (χ3n) is 4.00. The van der Waals surface area contributed by atoms with Crippen LogP contribution in [-0.4, -0.2) is 18.0 Å². The lowest BCUT2D eigenvalue weighted by atomic mass is 9.84. The van der Waals surface area contributed by atoms with Crippen molar-refractivity contribution in [2.24, 2.45) is 0 Å². The minimum Gasteiger partial charge on any atom is -0.624 e. The molecular formula is C21H19NO. The molecule has 0 saturated carbocycles. The molecule has 0 aliphatic heterocycles. The van der Waals surface area contributed by atoms with E-state index in [9.17, 15) is 5.21 Å². The monoisotopic (exact) mass is 301 g/mol. The maximum atomic E-state index is 11.5. The molecule has 0 bridgehead atoms. The summed E-state index contributed by atoms with van der Waals surface area (Å²) in [5.74, 6) is 6.47. The van der Waals surface area contributed by atoms with E-state index in [-0.39, 0.29) is 0 Å². The van der Waals surface area contributed by atoms with E-state index in [1.165, 1.54) is 23.7 Å². The van der Waals surface area contributed by atoms with Gasteiger partial charge < -0.3 is 5.21 Å². The third-order valence-corrected chi connectivity index (χ3v) is 4.00. The molecule has 2 aromatic rings. The SMILES string of the molecule is C/[N+]([O-])=C/C1=C(CC#Cc2ccccc2)c2ccccc2CC1. The topological polar surface area (TPSA) is 26.1 Å². The van der Waals surface area contributed by atoms with Gasteiger partial charge in [0.15, 0.2) is 6.21 Å². The second-order valence-electron chi connectivity index (χ2n) is 5.68. The van der Waals surface area contributed by atoms with Gasteiger partial charge >= 0.3 is 0 Å². The van der Waals surface area contributed by atoms with Crippen LogP contribution in [0.25, 0.3) is 5.57 Å². The van der Waals surface area contributed by atoms with Crippen molar-refractivity contribution in [2.75, 3.05) is 7.05 Å². The van der Waals surface area contributed by atoms with Crippen molar-refractivity contribution in [2.45, 2.75) is 19.3 Å². The highest BCUT2D eigenvalue weighted by atomic mass is 16.5. The minimum absolute atomic E-state index is 0.658. The highest BCUT2D eigenvalue weighted by Gasteiger charge is 2.18. The Labute approximate surface area is 137 Å². The van der Waals surface area contributed by atoms with Gasteiger partial charge in [-0.2, -0.15) is 0 Å². The molecule has 0 amide bonds. The van der Waals surface area contributed by atoms with Crippen LogP contribution in [0, 0.1) is 17.0 Å². The summed E-state index contributed by atoms with van der Waals surface area (Å²) in [5.41, 5.74) is 5.87. The lowest BCUT2D eigenvalue weighted by molar-refractivity contribution is -0.417. The van der Waals surface area contributed by atoms with Crippen LogP contribution >= 0.6 is 0 Å². The van der Waals surface area contributed by atoms with Crippen molar-refractivity contribution in [1.29, 1.82) is 0 Å². The van der Waals surface area contributed by atoms with Gasteiger partial charge in [-0.05, 0) is 41.7 Å². The maximum Gasteiger partial charge on any atom is 0.177 e. The van der Waals surface area contributed by atoms with E-state index in [0.29, 0.717) is 6.42 Å². The molecule has 2 nitrogen and oxygen atoms in total. The highest BCUT2D eigenvalue weighted by Crippen LogP contribution is 2.32. The average Bonchev–Trinajstić information content (AvgIpc) is 2.57. The number of hydrogen-bond acceptors (Lipinski definition) is 1. The van der Waals surface area contributed by atoms with Crippen molar-refractivity contribution in [1.82, 2.24) is 0 Å². The number of fused-ring (bicyclic) bond motifs is 1. The fourth-order valence-electron chi connectivity index (χ4n) is 2.95. The minimum atomic E-state index is 0.658. The summed E-state index contributed by atoms with van der Waals surface area (Å²) >= 11 is 0. The number of hydrogen-bond donors (Lipinski definition) is 0. The number of rotatable bonds is 2. The van der Waals surface area contributed by atoms with Crippen molar-refractivity contribution >= 4 is 11.8 Å². The molecule has 0 aromatic heterocycles. The van der Waals surface area contributed by atoms with Crippen LogP contribution < -0.4 is 0 Å². The molecule has 1 aliphatic carbocycles. The molecule has 2 heteroatoms. The Kier molecular flexibility index (Phi) is 4.59. The lowest BCUT2D eigenvalue weighted by Crippen LogP contribution is -2.09. The molecule has 0 atom stereocenters. The predicted octanol–water partition coefficient (Wildman–Crippen LogP) is 4.04. The number of nitrogens with zero attached hydrogens (tertiary/aromatic N) is 1. The van der Waals surface area contributed by atoms with Crippen LogP contribution in [0.1, 0.15) is 29.5 Å². The molecule has 3 rings (SSSR count). The number of hydroxylamine groups is 1. The van der Waals surface area contributed by atoms with E-state index in [1.807, 2.05) is 36.4 Å². The van der Waals surface area contributed by atoms with E-state index in [2.05, 4.69) is 30.0 Å². The van der Waals surface area contributed by atoms with Crippen LogP contribution in [0.15, 0.2) is 60.2 Å². The fraction of sp³-hybridized carbons (Fsp3) is 0.190. The molecule has 0 fully saturated rings. The van der Waals surface area contributed by atoms with E-state index < -0.39 is 0 Å². The van der Waals surface area contributed by atoms with Gasteiger partial charge in [0, 0.05) is 17.6 Å². The molecule has 0 spiro atoms. The average molecular weight is 301 g/mol. The van der Waals surface area contributed by atoms with E-state index in [1.54, 1.807) is 6.21 Å². The second-order valence-corrected chi connectivity index (χ2v) is 5.68. The normalized spacial score (nSPS) is 14.0. The first-order valence-corrected chi connectivity index (χ1v) is 7.83. The summed E-state index contributed by atoms with van der Waals surface area (Å²) in [7, 11) is 1.53. The summed E-state index contributed by atoms with van der Waals surface area (Å²) in [4.78, 5) is 0. The van der Waals surface area contributed by atoms with Gasteiger partial charge in [0.2, 0.25) is 0 Å². The number of benzene rings is 2. The van der Waals surface area contributed by atoms with Gasteiger partial charge in [-0.1, -0.05) is 54.3 Å². The van der Waals surface area contributed by atoms with Gasteiger partial charge in [0.05, 0.1) is 0 Å². The van der Waals surface area contributed by atoms with Crippen LogP contribution in [0.5, 0.6) is 0 Å². The first kappa shape index (κ1) is 15.1. The summed E-state index contributed by atoms with van der Waals surface area (Å²) in [6.07, 6.45) is 4.22. The van der Waals surface area contributed by atoms with Gasteiger partial charge in [-0.3, -0.25) is 0 Å². The van der Waals surface area contributed by atoms with Crippen LogP contribution in [0.3, 0.4) is 0 Å². The van der Waals surface area contributed by atoms with Gasteiger partial charge in [0.1, 0.15) is 7.05 Å². The lowest BCUT2D eigenvalue weighted by Gasteiger charge is -2.19. The van der Waals surface area contributed by atoms with E-state index in [4.69, 9.17) is 0 Å². The Bertz CT molecular complexity index is 816. The first-order chi connectivity index (χ1) is 11.2. The summed E-state index contributed by atoms with van der Waals surface area (Å²) < 4.78 is 0.883. The second kappa shape index (κ2) is 6.98. The quantitative estimate of drug-likeness (QED) is 0.270. The summed E-state index contributed by atoms with van der Waals surface area (Å²) in [6.45, 7) is 0. The zero-order chi connectivity index (χ0) is 16.1. The van der Waals surface area contributed by atoms with Crippen molar-refractivity contribution in [3.8, 4) is 11.8 Å². The van der Waals surface area contributed by atoms with Crippen molar-refractivity contribution in [3.63, 3.8) is 0 Å². The molecule has 0 heterocycles. The standard InChI is InChI=1S/C21H19NO/c1-22(23)16-19-15-14-18-11-5-6-12-20(18)21(19)13-7-10-17-8-3-2-4-9-17/h2-6,8-9,11-12,16H,13-15H2,1H3/b22-16-. The Hall–Kier alpha value is -2.79. The van der Waals surface area contributed by atoms with Gasteiger partial charge in [-0.15, -0.1) is 0 Å². The highest BCUT2D eigenvalue weighted by molar-refractivity contribution is 5.91. The Morgan fingerprint density at radius 1 is 1.04 bits per heavy atom. The molecule has 114 valence electrons. The third kappa shape index (κ3) is 3.70. The molecule has 0 unspecified atom stereocenters. The molecule has 0 N–H and O–H groups in total. The van der Waals surface area contributed by atoms with Crippen molar-refractivity contribution < 1.29 is 4.74 Å². The molecule has 0 radical (unpaired) electrons. The Morgan fingerprint density at radius 3 is 2.57 bits per heavy atom. The van der Waals surface area contributed by atoms with Crippen LogP contribution in [-0.2, 0) is 6.42 Å². The zero-order valence-corrected chi connectivity index (χ0v) is 13.3. The van der Waals surface area contributed by atoms with Crippen LogP contribution in [0.4, 0.5) is 0 Å². The molecule has 0 saturated heterocycles. The largest absolute Gasteiger partial charge is 0.624 e. The Balaban J connectivity index is 1.96. The fourth-order valence-corrected chi connectivity index (χ4v) is 2.95. The Morgan fingerprint density at radius 2 is 1.78 bits per heavy atom. The van der Waals surface area contributed by atoms with E-state index >= 15 is 0 Å². The van der Waals surface area contributed by atoms with Gasteiger partial charge in [0.25, 0.3) is 0 Å². The molecule has 23 heavy (non-hydrogen) atoms. The van der Waals surface area contributed by atoms with E-state index in [0.717, 1.165) is 28.7 Å². The van der Waals surface area contributed by atoms with Crippen LogP contribution in [0.2, 0.25) is 0 Å². The zero-order valence-electron chi connectivity index (χ0n) is 13.3. The summed E-state index contributed by atoms with van der Waals surface area (Å²) in [6, 6.07) is 18.4. The predicted molar refractivity (Wildman–Crippen MR) is 95.2 cm³/mol. The molecule has 1 aliphatic rings. The van der Waals surface area contributed by atoms with Crippen molar-refractivity contribution in [3.05, 3.63) is 82.1 Å². The first-order valence-electron chi connectivity index (χ1n) is 7.83. The molecular weight excluding hydrogens is 282 g/mol. The summed E-state index contributed by atoms with van der Waals surface area (Å²) in [5, 5.41) is 11.5. The smallest absolute Gasteiger partial charge is 0.177 e.